The number of nitrogens with one attached hydrogen (secondary N) is 1. The standard InChI is InChI=1S/C16H17N3O2S/c1-10-5-3-4-6-13(10)18-14(20)7-12-9-22-16-17-8-11(2)15(21)19(12)16/h3-6,8,12H,7,9H2,1-2H3,(H,18,20). The highest BCUT2D eigenvalue weighted by atomic mass is 32.2. The molecule has 2 heterocycles. The number of anilines is 1. The van der Waals surface area contributed by atoms with Crippen molar-refractivity contribution >= 4 is 23.4 Å². The van der Waals surface area contributed by atoms with Crippen LogP contribution >= 0.6 is 11.8 Å². The monoisotopic (exact) mass is 315 g/mol. The fraction of sp³-hybridized carbons (Fsp3) is 0.312. The maximum atomic E-state index is 12.3. The van der Waals surface area contributed by atoms with Gasteiger partial charge in [-0.3, -0.25) is 14.2 Å². The second-order valence-electron chi connectivity index (χ2n) is 5.43. The molecule has 1 amide bonds. The molecule has 0 saturated heterocycles. The first-order valence-corrected chi connectivity index (χ1v) is 8.11. The number of hydrogen-bond acceptors (Lipinski definition) is 4. The number of amides is 1. The molecule has 1 aromatic carbocycles. The van der Waals surface area contributed by atoms with E-state index in [0.29, 0.717) is 16.5 Å². The number of hydrogen-bond donors (Lipinski definition) is 1. The Morgan fingerprint density at radius 3 is 2.91 bits per heavy atom. The van der Waals surface area contributed by atoms with Gasteiger partial charge in [0.05, 0.1) is 6.04 Å². The average molecular weight is 315 g/mol. The molecule has 0 fully saturated rings. The molecular weight excluding hydrogens is 298 g/mol. The first-order valence-electron chi connectivity index (χ1n) is 7.12. The van der Waals surface area contributed by atoms with Gasteiger partial charge in [-0.2, -0.15) is 0 Å². The summed E-state index contributed by atoms with van der Waals surface area (Å²) >= 11 is 1.52. The predicted molar refractivity (Wildman–Crippen MR) is 87.4 cm³/mol. The largest absolute Gasteiger partial charge is 0.326 e. The molecule has 1 aliphatic heterocycles. The minimum Gasteiger partial charge on any atom is -0.326 e. The van der Waals surface area contributed by atoms with E-state index in [1.54, 1.807) is 17.7 Å². The lowest BCUT2D eigenvalue weighted by Gasteiger charge is -2.14. The number of rotatable bonds is 3. The van der Waals surface area contributed by atoms with Crippen LogP contribution < -0.4 is 10.9 Å². The van der Waals surface area contributed by atoms with E-state index in [9.17, 15) is 9.59 Å². The van der Waals surface area contributed by atoms with Crippen molar-refractivity contribution in [2.24, 2.45) is 0 Å². The number of nitrogens with zero attached hydrogens (tertiary/aromatic N) is 2. The molecule has 0 bridgehead atoms. The van der Waals surface area contributed by atoms with Gasteiger partial charge >= 0.3 is 0 Å². The third kappa shape index (κ3) is 2.78. The number of para-hydroxylation sites is 1. The Kier molecular flexibility index (Phi) is 4.02. The maximum Gasteiger partial charge on any atom is 0.257 e. The summed E-state index contributed by atoms with van der Waals surface area (Å²) in [6.45, 7) is 3.70. The van der Waals surface area contributed by atoms with Crippen LogP contribution in [-0.4, -0.2) is 21.2 Å². The summed E-state index contributed by atoms with van der Waals surface area (Å²) in [7, 11) is 0. The highest BCUT2D eigenvalue weighted by Gasteiger charge is 2.27. The van der Waals surface area contributed by atoms with Crippen molar-refractivity contribution in [1.82, 2.24) is 9.55 Å². The normalized spacial score (nSPS) is 16.4. The molecule has 0 radical (unpaired) electrons. The van der Waals surface area contributed by atoms with Crippen molar-refractivity contribution < 1.29 is 4.79 Å². The third-order valence-corrected chi connectivity index (χ3v) is 4.85. The van der Waals surface area contributed by atoms with E-state index < -0.39 is 0 Å². The molecule has 0 aliphatic carbocycles. The predicted octanol–water partition coefficient (Wildman–Crippen LogP) is 2.54. The van der Waals surface area contributed by atoms with Gasteiger partial charge in [0.2, 0.25) is 5.91 Å². The van der Waals surface area contributed by atoms with E-state index in [-0.39, 0.29) is 23.9 Å². The zero-order valence-corrected chi connectivity index (χ0v) is 13.3. The van der Waals surface area contributed by atoms with Crippen molar-refractivity contribution in [3.8, 4) is 0 Å². The molecule has 1 N–H and O–H groups in total. The summed E-state index contributed by atoms with van der Waals surface area (Å²) in [4.78, 5) is 28.8. The van der Waals surface area contributed by atoms with Crippen LogP contribution in [-0.2, 0) is 4.79 Å². The van der Waals surface area contributed by atoms with E-state index in [1.807, 2.05) is 31.2 Å². The SMILES string of the molecule is Cc1ccccc1NC(=O)CC1CSc2ncc(C)c(=O)n21. The fourth-order valence-electron chi connectivity index (χ4n) is 2.50. The van der Waals surface area contributed by atoms with Crippen molar-refractivity contribution in [1.29, 1.82) is 0 Å². The Bertz CT molecular complexity index is 785. The van der Waals surface area contributed by atoms with Crippen LogP contribution in [0.15, 0.2) is 40.4 Å². The van der Waals surface area contributed by atoms with Gasteiger partial charge in [-0.05, 0) is 25.5 Å². The fourth-order valence-corrected chi connectivity index (χ4v) is 3.61. The second-order valence-corrected chi connectivity index (χ2v) is 6.42. The van der Waals surface area contributed by atoms with Crippen LogP contribution in [0.2, 0.25) is 0 Å². The molecule has 5 nitrogen and oxygen atoms in total. The van der Waals surface area contributed by atoms with Gasteiger partial charge in [-0.25, -0.2) is 4.98 Å². The van der Waals surface area contributed by atoms with Crippen LogP contribution in [0.3, 0.4) is 0 Å². The average Bonchev–Trinajstić information content (AvgIpc) is 2.89. The number of carbonyl (C=O) groups is 1. The van der Waals surface area contributed by atoms with E-state index >= 15 is 0 Å². The van der Waals surface area contributed by atoms with Crippen molar-refractivity contribution in [2.45, 2.75) is 31.5 Å². The smallest absolute Gasteiger partial charge is 0.257 e. The molecule has 114 valence electrons. The summed E-state index contributed by atoms with van der Waals surface area (Å²) in [5, 5.41) is 3.62. The molecule has 22 heavy (non-hydrogen) atoms. The summed E-state index contributed by atoms with van der Waals surface area (Å²) < 4.78 is 1.65. The van der Waals surface area contributed by atoms with Gasteiger partial charge in [0.15, 0.2) is 5.16 Å². The highest BCUT2D eigenvalue weighted by molar-refractivity contribution is 7.99. The minimum absolute atomic E-state index is 0.0521. The van der Waals surface area contributed by atoms with E-state index in [4.69, 9.17) is 0 Å². The van der Waals surface area contributed by atoms with Crippen molar-refractivity contribution in [2.75, 3.05) is 11.1 Å². The molecule has 1 aromatic heterocycles. The Hall–Kier alpha value is -2.08. The summed E-state index contributed by atoms with van der Waals surface area (Å²) in [5.74, 6) is 0.619. The first-order chi connectivity index (χ1) is 10.6. The zero-order valence-electron chi connectivity index (χ0n) is 12.5. The molecule has 0 saturated carbocycles. The molecule has 1 aliphatic rings. The van der Waals surface area contributed by atoms with Gasteiger partial charge < -0.3 is 5.32 Å². The highest BCUT2D eigenvalue weighted by Crippen LogP contribution is 2.32. The molecule has 6 heteroatoms. The second kappa shape index (κ2) is 5.96. The maximum absolute atomic E-state index is 12.3. The van der Waals surface area contributed by atoms with Crippen LogP contribution in [0.4, 0.5) is 5.69 Å². The molecule has 3 rings (SSSR count). The van der Waals surface area contributed by atoms with Crippen LogP contribution in [0.5, 0.6) is 0 Å². The molecule has 2 aromatic rings. The lowest BCUT2D eigenvalue weighted by Crippen LogP contribution is -2.28. The summed E-state index contributed by atoms with van der Waals surface area (Å²) in [5.41, 5.74) is 2.39. The summed E-state index contributed by atoms with van der Waals surface area (Å²) in [6, 6.07) is 7.52. The molecule has 0 spiro atoms. The lowest BCUT2D eigenvalue weighted by molar-refractivity contribution is -0.116. The first kappa shape index (κ1) is 14.8. The Labute approximate surface area is 132 Å². The number of carbonyl (C=O) groups excluding carboxylic acids is 1. The van der Waals surface area contributed by atoms with Crippen LogP contribution in [0, 0.1) is 13.8 Å². The Morgan fingerprint density at radius 2 is 2.14 bits per heavy atom. The van der Waals surface area contributed by atoms with Gasteiger partial charge in [0.25, 0.3) is 5.56 Å². The Balaban J connectivity index is 1.76. The van der Waals surface area contributed by atoms with Crippen molar-refractivity contribution in [3.05, 3.63) is 51.9 Å². The van der Waals surface area contributed by atoms with E-state index in [0.717, 1.165) is 11.3 Å². The topological polar surface area (TPSA) is 64.0 Å². The number of fused-ring (bicyclic) bond motifs is 1. The zero-order chi connectivity index (χ0) is 15.7. The van der Waals surface area contributed by atoms with E-state index in [1.165, 1.54) is 11.8 Å². The molecular formula is C16H17N3O2S. The van der Waals surface area contributed by atoms with Crippen LogP contribution in [0.1, 0.15) is 23.6 Å². The van der Waals surface area contributed by atoms with Gasteiger partial charge in [-0.15, -0.1) is 0 Å². The summed E-state index contributed by atoms with van der Waals surface area (Å²) in [6.07, 6.45) is 1.87. The van der Waals surface area contributed by atoms with E-state index in [2.05, 4.69) is 10.3 Å². The third-order valence-electron chi connectivity index (χ3n) is 3.74. The molecule has 1 unspecified atom stereocenters. The van der Waals surface area contributed by atoms with Gasteiger partial charge in [0, 0.05) is 29.6 Å². The number of aryl methyl sites for hydroxylation is 2. The van der Waals surface area contributed by atoms with Gasteiger partial charge in [0.1, 0.15) is 0 Å². The molecule has 1 atom stereocenters. The van der Waals surface area contributed by atoms with Crippen LogP contribution in [0.25, 0.3) is 0 Å². The minimum atomic E-state index is -0.135. The lowest BCUT2D eigenvalue weighted by atomic mass is 10.1. The quantitative estimate of drug-likeness (QED) is 0.884. The van der Waals surface area contributed by atoms with Gasteiger partial charge in [-0.1, -0.05) is 30.0 Å². The number of aromatic nitrogens is 2. The Morgan fingerprint density at radius 1 is 1.36 bits per heavy atom. The number of benzene rings is 1. The van der Waals surface area contributed by atoms with Crippen molar-refractivity contribution in [3.63, 3.8) is 0 Å². The number of thioether (sulfide) groups is 1.